The van der Waals surface area contributed by atoms with Gasteiger partial charge >= 0.3 is 0 Å². The van der Waals surface area contributed by atoms with Crippen LogP contribution in [0.1, 0.15) is 11.1 Å². The molecule has 2 amide bonds. The van der Waals surface area contributed by atoms with Crippen molar-refractivity contribution in [1.29, 1.82) is 5.41 Å². The summed E-state index contributed by atoms with van der Waals surface area (Å²) in [5.74, 6) is 0.0201. The number of piperazine rings is 1. The largest absolute Gasteiger partial charge is 0.412 e. The molecule has 1 aliphatic heterocycles. The van der Waals surface area contributed by atoms with E-state index in [1.807, 2.05) is 41.3 Å². The first-order valence-corrected chi connectivity index (χ1v) is 9.01. The van der Waals surface area contributed by atoms with E-state index in [2.05, 4.69) is 6.58 Å². The van der Waals surface area contributed by atoms with Gasteiger partial charge in [-0.3, -0.25) is 9.59 Å². The molecule has 3 rings (SSSR count). The van der Waals surface area contributed by atoms with Crippen LogP contribution in [0.5, 0.6) is 0 Å². The maximum absolute atomic E-state index is 12.8. The number of amides is 2. The smallest absolute Gasteiger partial charge is 0.246 e. The van der Waals surface area contributed by atoms with Gasteiger partial charge in [0.15, 0.2) is 0 Å². The van der Waals surface area contributed by atoms with Crippen LogP contribution in [-0.2, 0) is 16.0 Å². The Morgan fingerprint density at radius 2 is 1.64 bits per heavy atom. The highest BCUT2D eigenvalue weighted by Gasteiger charge is 2.23. The zero-order chi connectivity index (χ0) is 19.2. The summed E-state index contributed by atoms with van der Waals surface area (Å²) >= 11 is 0. The molecule has 6 heteroatoms. The van der Waals surface area contributed by atoms with Crippen LogP contribution < -0.4 is 0 Å². The molecule has 28 heavy (non-hydrogen) atoms. The Hall–Kier alpha value is -3.25. The first kappa shape index (κ1) is 21.1. The molecule has 0 saturated carbocycles. The summed E-state index contributed by atoms with van der Waals surface area (Å²) in [4.78, 5) is 28.3. The third kappa shape index (κ3) is 4.53. The van der Waals surface area contributed by atoms with Crippen LogP contribution in [0.2, 0.25) is 0 Å². The second kappa shape index (κ2) is 9.62. The van der Waals surface area contributed by atoms with E-state index in [0.29, 0.717) is 32.6 Å². The molecule has 1 fully saturated rings. The highest BCUT2D eigenvalue weighted by atomic mass is 16.2. The second-order valence-corrected chi connectivity index (χ2v) is 6.48. The predicted octanol–water partition coefficient (Wildman–Crippen LogP) is 1.97. The molecule has 146 valence electrons. The molecule has 6 nitrogen and oxygen atoms in total. The van der Waals surface area contributed by atoms with Crippen molar-refractivity contribution in [2.75, 3.05) is 26.2 Å². The molecule has 0 radical (unpaired) electrons. The van der Waals surface area contributed by atoms with Crippen LogP contribution in [0.15, 0.2) is 61.2 Å². The summed E-state index contributed by atoms with van der Waals surface area (Å²) in [6.07, 6.45) is 6.37. The highest BCUT2D eigenvalue weighted by Crippen LogP contribution is 2.23. The molecule has 0 aromatic heterocycles. The molecule has 3 N–H and O–H groups in total. The SMILES string of the molecule is C=C/C=C/C(=O)N1CCN(C(=O)Cc2ccc(C=N)c3ccccc23)CC1.O. The number of rotatable bonds is 5. The second-order valence-electron chi connectivity index (χ2n) is 6.48. The lowest BCUT2D eigenvalue weighted by Crippen LogP contribution is -2.50. The Labute approximate surface area is 164 Å². The van der Waals surface area contributed by atoms with E-state index in [1.165, 1.54) is 12.3 Å². The van der Waals surface area contributed by atoms with E-state index in [9.17, 15) is 9.59 Å². The maximum Gasteiger partial charge on any atom is 0.246 e. The Kier molecular flexibility index (Phi) is 7.23. The number of allylic oxidation sites excluding steroid dienone is 2. The van der Waals surface area contributed by atoms with Gasteiger partial charge in [0.25, 0.3) is 0 Å². The van der Waals surface area contributed by atoms with Gasteiger partial charge in [-0.05, 0) is 21.9 Å². The number of fused-ring (bicyclic) bond motifs is 1. The average molecular weight is 379 g/mol. The van der Waals surface area contributed by atoms with E-state index in [4.69, 9.17) is 5.41 Å². The van der Waals surface area contributed by atoms with Gasteiger partial charge in [0.05, 0.1) is 6.42 Å². The number of benzene rings is 2. The van der Waals surface area contributed by atoms with Crippen molar-refractivity contribution >= 4 is 28.8 Å². The Morgan fingerprint density at radius 1 is 1.00 bits per heavy atom. The van der Waals surface area contributed by atoms with Crippen molar-refractivity contribution in [3.63, 3.8) is 0 Å². The third-order valence-corrected chi connectivity index (χ3v) is 4.86. The molecule has 0 aliphatic carbocycles. The molecule has 2 aromatic carbocycles. The molecular formula is C22H25N3O3. The van der Waals surface area contributed by atoms with E-state index in [-0.39, 0.29) is 17.3 Å². The topological polar surface area (TPSA) is 96.0 Å². The predicted molar refractivity (Wildman–Crippen MR) is 112 cm³/mol. The van der Waals surface area contributed by atoms with Crippen molar-refractivity contribution in [2.24, 2.45) is 0 Å². The van der Waals surface area contributed by atoms with Gasteiger partial charge in [0, 0.05) is 38.5 Å². The number of nitrogens with zero attached hydrogens (tertiary/aromatic N) is 2. The Bertz CT molecular complexity index is 912. The molecule has 0 unspecified atom stereocenters. The first-order chi connectivity index (χ1) is 13.1. The van der Waals surface area contributed by atoms with Gasteiger partial charge in [-0.2, -0.15) is 0 Å². The van der Waals surface area contributed by atoms with E-state index >= 15 is 0 Å². The van der Waals surface area contributed by atoms with Gasteiger partial charge in [-0.25, -0.2) is 0 Å². The highest BCUT2D eigenvalue weighted by molar-refractivity contribution is 6.01. The zero-order valence-corrected chi connectivity index (χ0v) is 15.7. The standard InChI is InChI=1S/C22H23N3O2.H2O/c1-2-3-8-21(26)24-11-13-25(14-12-24)22(27)15-17-9-10-18(16-23)20-7-5-4-6-19(17)20;/h2-10,16,23H,1,11-15H2;1H2/b8-3+,23-16?;. The van der Waals surface area contributed by atoms with Crippen LogP contribution in [0, 0.1) is 5.41 Å². The summed E-state index contributed by atoms with van der Waals surface area (Å²) in [6, 6.07) is 11.7. The lowest BCUT2D eigenvalue weighted by atomic mass is 9.98. The van der Waals surface area contributed by atoms with E-state index in [0.717, 1.165) is 21.9 Å². The minimum absolute atomic E-state index is 0. The van der Waals surface area contributed by atoms with Crippen molar-refractivity contribution < 1.29 is 15.1 Å². The van der Waals surface area contributed by atoms with Crippen molar-refractivity contribution in [2.45, 2.75) is 6.42 Å². The van der Waals surface area contributed by atoms with E-state index in [1.54, 1.807) is 17.1 Å². The summed E-state index contributed by atoms with van der Waals surface area (Å²) < 4.78 is 0. The Morgan fingerprint density at radius 3 is 2.29 bits per heavy atom. The van der Waals surface area contributed by atoms with Crippen LogP contribution in [-0.4, -0.2) is 59.5 Å². The van der Waals surface area contributed by atoms with Crippen LogP contribution in [0.4, 0.5) is 0 Å². The molecule has 1 heterocycles. The summed E-state index contributed by atoms with van der Waals surface area (Å²) in [5.41, 5.74) is 1.81. The molecule has 1 aliphatic rings. The fourth-order valence-electron chi connectivity index (χ4n) is 3.37. The minimum atomic E-state index is -0.0461. The Balaban J connectivity index is 0.00000280. The van der Waals surface area contributed by atoms with Crippen molar-refractivity contribution in [3.8, 4) is 0 Å². The lowest BCUT2D eigenvalue weighted by Gasteiger charge is -2.34. The number of carbonyl (C=O) groups excluding carboxylic acids is 2. The monoisotopic (exact) mass is 379 g/mol. The van der Waals surface area contributed by atoms with Crippen molar-refractivity contribution in [1.82, 2.24) is 9.80 Å². The normalized spacial score (nSPS) is 14.0. The molecule has 2 aromatic rings. The number of hydrogen-bond acceptors (Lipinski definition) is 3. The van der Waals surface area contributed by atoms with Gasteiger partial charge in [-0.15, -0.1) is 0 Å². The average Bonchev–Trinajstić information content (AvgIpc) is 2.72. The lowest BCUT2D eigenvalue weighted by molar-refractivity contribution is -0.136. The zero-order valence-electron chi connectivity index (χ0n) is 15.7. The third-order valence-electron chi connectivity index (χ3n) is 4.86. The van der Waals surface area contributed by atoms with Gasteiger partial charge in [0.2, 0.25) is 11.8 Å². The van der Waals surface area contributed by atoms with Gasteiger partial charge in [0.1, 0.15) is 0 Å². The van der Waals surface area contributed by atoms with Gasteiger partial charge < -0.3 is 20.7 Å². The molecule has 1 saturated heterocycles. The number of nitrogens with one attached hydrogen (secondary N) is 1. The molecule has 0 spiro atoms. The summed E-state index contributed by atoms with van der Waals surface area (Å²) in [7, 11) is 0. The van der Waals surface area contributed by atoms with Gasteiger partial charge in [-0.1, -0.05) is 55.1 Å². The molecular weight excluding hydrogens is 354 g/mol. The number of carbonyl (C=O) groups is 2. The van der Waals surface area contributed by atoms with Crippen LogP contribution >= 0.6 is 0 Å². The fraction of sp³-hybridized carbons (Fsp3) is 0.227. The summed E-state index contributed by atoms with van der Waals surface area (Å²) in [5, 5.41) is 9.55. The minimum Gasteiger partial charge on any atom is -0.412 e. The first-order valence-electron chi connectivity index (χ1n) is 9.01. The molecule has 0 bridgehead atoms. The van der Waals surface area contributed by atoms with Crippen LogP contribution in [0.3, 0.4) is 0 Å². The summed E-state index contributed by atoms with van der Waals surface area (Å²) in [6.45, 7) is 5.73. The number of hydrogen-bond donors (Lipinski definition) is 1. The maximum atomic E-state index is 12.8. The fourth-order valence-corrected chi connectivity index (χ4v) is 3.37. The molecule has 0 atom stereocenters. The quantitative estimate of drug-likeness (QED) is 0.488. The van der Waals surface area contributed by atoms with Crippen molar-refractivity contribution in [3.05, 3.63) is 72.3 Å². The van der Waals surface area contributed by atoms with E-state index < -0.39 is 0 Å². The van der Waals surface area contributed by atoms with Crippen LogP contribution in [0.25, 0.3) is 10.8 Å².